The van der Waals surface area contributed by atoms with Crippen molar-refractivity contribution < 1.29 is 9.18 Å². The number of likely N-dealkylation sites (tertiary alicyclic amines) is 1. The number of carbonyl (C=O) groups is 1. The van der Waals surface area contributed by atoms with E-state index in [1.54, 1.807) is 23.1 Å². The van der Waals surface area contributed by atoms with Crippen LogP contribution >= 0.6 is 0 Å². The third kappa shape index (κ3) is 2.63. The zero-order valence-corrected chi connectivity index (χ0v) is 11.7. The van der Waals surface area contributed by atoms with Gasteiger partial charge in [0, 0.05) is 23.6 Å². The van der Waals surface area contributed by atoms with Crippen molar-refractivity contribution in [1.29, 1.82) is 0 Å². The molecule has 1 fully saturated rings. The molecule has 1 saturated heterocycles. The largest absolute Gasteiger partial charge is 0.329 e. The number of carbonyl (C=O) groups excluding carboxylic acids is 1. The Morgan fingerprint density at radius 3 is 2.53 bits per heavy atom. The van der Waals surface area contributed by atoms with Gasteiger partial charge in [-0.25, -0.2) is 4.39 Å². The van der Waals surface area contributed by atoms with Crippen molar-refractivity contribution in [3.8, 4) is 0 Å². The maximum Gasteiger partial charge on any atom is 0.223 e. The molecule has 2 atom stereocenters. The Balaban J connectivity index is 2.49. The summed E-state index contributed by atoms with van der Waals surface area (Å²) in [7, 11) is 0. The minimum atomic E-state index is -0.387. The lowest BCUT2D eigenvalue weighted by atomic mass is 9.86. The third-order valence-corrected chi connectivity index (χ3v) is 3.59. The molecular weight excluding hydrogens is 243 g/mol. The van der Waals surface area contributed by atoms with Gasteiger partial charge in [-0.1, -0.05) is 18.2 Å². The summed E-state index contributed by atoms with van der Waals surface area (Å²) in [6.45, 7) is 5.87. The highest BCUT2D eigenvalue weighted by molar-refractivity contribution is 5.78. The zero-order valence-electron chi connectivity index (χ0n) is 11.7. The molecule has 19 heavy (non-hydrogen) atoms. The number of benzene rings is 1. The monoisotopic (exact) mass is 264 g/mol. The van der Waals surface area contributed by atoms with Crippen LogP contribution in [0.4, 0.5) is 4.39 Å². The van der Waals surface area contributed by atoms with Gasteiger partial charge in [0.2, 0.25) is 5.91 Å². The topological polar surface area (TPSA) is 46.3 Å². The number of piperidine rings is 1. The molecule has 2 N–H and O–H groups in total. The van der Waals surface area contributed by atoms with E-state index in [0.29, 0.717) is 18.4 Å². The first-order chi connectivity index (χ1) is 8.82. The van der Waals surface area contributed by atoms with E-state index in [-0.39, 0.29) is 29.3 Å². The van der Waals surface area contributed by atoms with E-state index in [9.17, 15) is 9.18 Å². The van der Waals surface area contributed by atoms with Crippen molar-refractivity contribution in [3.63, 3.8) is 0 Å². The molecule has 0 saturated carbocycles. The Kier molecular flexibility index (Phi) is 3.63. The average molecular weight is 264 g/mol. The standard InChI is InChI=1S/C15H21FN2O/c1-15(2,3)18-13(19)9-8-12(17)14(18)10-6-4-5-7-11(10)16/h4-7,12,14H,8-9,17H2,1-3H3. The molecule has 4 heteroatoms. The van der Waals surface area contributed by atoms with E-state index in [4.69, 9.17) is 5.73 Å². The van der Waals surface area contributed by atoms with Gasteiger partial charge in [-0.05, 0) is 33.3 Å². The highest BCUT2D eigenvalue weighted by Crippen LogP contribution is 2.37. The van der Waals surface area contributed by atoms with E-state index in [1.165, 1.54) is 6.07 Å². The molecule has 0 bridgehead atoms. The number of nitrogens with zero attached hydrogens (tertiary/aromatic N) is 1. The van der Waals surface area contributed by atoms with Crippen LogP contribution in [-0.2, 0) is 4.79 Å². The molecule has 1 aliphatic rings. The maximum absolute atomic E-state index is 14.0. The van der Waals surface area contributed by atoms with Crippen LogP contribution in [0.2, 0.25) is 0 Å². The fourth-order valence-electron chi connectivity index (χ4n) is 2.79. The molecule has 104 valence electrons. The predicted octanol–water partition coefficient (Wildman–Crippen LogP) is 2.62. The highest BCUT2D eigenvalue weighted by Gasteiger charge is 2.41. The number of halogens is 1. The number of hydrogen-bond donors (Lipinski definition) is 1. The molecule has 0 spiro atoms. The summed E-state index contributed by atoms with van der Waals surface area (Å²) in [5.41, 5.74) is 6.31. The molecular formula is C15H21FN2O. The van der Waals surface area contributed by atoms with Crippen LogP contribution in [0.3, 0.4) is 0 Å². The first kappa shape index (κ1) is 14.0. The van der Waals surface area contributed by atoms with Gasteiger partial charge in [0.25, 0.3) is 0 Å². The van der Waals surface area contributed by atoms with Crippen molar-refractivity contribution in [2.75, 3.05) is 0 Å². The average Bonchev–Trinajstić information content (AvgIpc) is 2.31. The fraction of sp³-hybridized carbons (Fsp3) is 0.533. The highest BCUT2D eigenvalue weighted by atomic mass is 19.1. The molecule has 2 unspecified atom stereocenters. The summed E-state index contributed by atoms with van der Waals surface area (Å²) in [6, 6.07) is 5.96. The van der Waals surface area contributed by atoms with Crippen LogP contribution in [-0.4, -0.2) is 22.4 Å². The van der Waals surface area contributed by atoms with E-state index >= 15 is 0 Å². The lowest BCUT2D eigenvalue weighted by Crippen LogP contribution is -2.56. The Morgan fingerprint density at radius 1 is 1.32 bits per heavy atom. The zero-order chi connectivity index (χ0) is 14.2. The molecule has 1 aromatic rings. The second-order valence-electron chi connectivity index (χ2n) is 6.10. The first-order valence-corrected chi connectivity index (χ1v) is 6.64. The molecule has 0 aromatic heterocycles. The van der Waals surface area contributed by atoms with Crippen LogP contribution in [0.25, 0.3) is 0 Å². The lowest BCUT2D eigenvalue weighted by Gasteiger charge is -2.47. The van der Waals surface area contributed by atoms with Gasteiger partial charge in [0.15, 0.2) is 0 Å². The second kappa shape index (κ2) is 4.93. The summed E-state index contributed by atoms with van der Waals surface area (Å²) in [5, 5.41) is 0. The fourth-order valence-corrected chi connectivity index (χ4v) is 2.79. The first-order valence-electron chi connectivity index (χ1n) is 6.64. The minimum absolute atomic E-state index is 0.0439. The van der Waals surface area contributed by atoms with Gasteiger partial charge in [-0.3, -0.25) is 4.79 Å². The van der Waals surface area contributed by atoms with E-state index < -0.39 is 0 Å². The summed E-state index contributed by atoms with van der Waals surface area (Å²) in [6.07, 6.45) is 1.04. The summed E-state index contributed by atoms with van der Waals surface area (Å²) >= 11 is 0. The van der Waals surface area contributed by atoms with Gasteiger partial charge in [0.1, 0.15) is 5.82 Å². The number of nitrogens with two attached hydrogens (primary N) is 1. The SMILES string of the molecule is CC(C)(C)N1C(=O)CCC(N)C1c1ccccc1F. The van der Waals surface area contributed by atoms with Crippen molar-refractivity contribution in [2.45, 2.75) is 51.2 Å². The van der Waals surface area contributed by atoms with Gasteiger partial charge in [0.05, 0.1) is 6.04 Å². The van der Waals surface area contributed by atoms with Crippen LogP contribution in [0, 0.1) is 5.82 Å². The van der Waals surface area contributed by atoms with Crippen LogP contribution in [0.5, 0.6) is 0 Å². The molecule has 3 nitrogen and oxygen atoms in total. The Labute approximate surface area is 113 Å². The van der Waals surface area contributed by atoms with Crippen LogP contribution in [0.15, 0.2) is 24.3 Å². The minimum Gasteiger partial charge on any atom is -0.329 e. The number of hydrogen-bond acceptors (Lipinski definition) is 2. The van der Waals surface area contributed by atoms with Gasteiger partial charge in [-0.2, -0.15) is 0 Å². The van der Waals surface area contributed by atoms with E-state index in [1.807, 2.05) is 20.8 Å². The van der Waals surface area contributed by atoms with Crippen molar-refractivity contribution in [2.24, 2.45) is 5.73 Å². The summed E-state index contributed by atoms with van der Waals surface area (Å²) in [4.78, 5) is 14.0. The van der Waals surface area contributed by atoms with Crippen molar-refractivity contribution >= 4 is 5.91 Å². The molecule has 1 aromatic carbocycles. The Morgan fingerprint density at radius 2 is 1.95 bits per heavy atom. The van der Waals surface area contributed by atoms with Crippen molar-refractivity contribution in [1.82, 2.24) is 4.90 Å². The maximum atomic E-state index is 14.0. The van der Waals surface area contributed by atoms with Crippen LogP contribution < -0.4 is 5.73 Å². The Hall–Kier alpha value is -1.42. The number of amides is 1. The third-order valence-electron chi connectivity index (χ3n) is 3.59. The lowest BCUT2D eigenvalue weighted by molar-refractivity contribution is -0.144. The van der Waals surface area contributed by atoms with E-state index in [2.05, 4.69) is 0 Å². The molecule has 0 aliphatic carbocycles. The summed E-state index contributed by atoms with van der Waals surface area (Å²) < 4.78 is 14.0. The molecule has 2 rings (SSSR count). The predicted molar refractivity (Wildman–Crippen MR) is 72.9 cm³/mol. The van der Waals surface area contributed by atoms with Gasteiger partial charge in [-0.15, -0.1) is 0 Å². The van der Waals surface area contributed by atoms with E-state index in [0.717, 1.165) is 0 Å². The quantitative estimate of drug-likeness (QED) is 0.847. The van der Waals surface area contributed by atoms with Crippen molar-refractivity contribution in [3.05, 3.63) is 35.6 Å². The number of rotatable bonds is 1. The van der Waals surface area contributed by atoms with Crippen LogP contribution in [0.1, 0.15) is 45.2 Å². The summed E-state index contributed by atoms with van der Waals surface area (Å²) in [5.74, 6) is -0.255. The normalized spacial score (nSPS) is 24.7. The molecule has 1 amide bonds. The molecule has 0 radical (unpaired) electrons. The Bertz CT molecular complexity index is 481. The van der Waals surface area contributed by atoms with Gasteiger partial charge >= 0.3 is 0 Å². The second-order valence-corrected chi connectivity index (χ2v) is 6.10. The smallest absolute Gasteiger partial charge is 0.223 e. The van der Waals surface area contributed by atoms with Gasteiger partial charge < -0.3 is 10.6 Å². The molecule has 1 heterocycles. The molecule has 1 aliphatic heterocycles.